The number of ether oxygens (including phenoxy) is 4. The molecule has 2 aromatic carbocycles. The number of fused-ring (bicyclic) bond motifs is 1. The molecule has 0 amide bonds. The van der Waals surface area contributed by atoms with Gasteiger partial charge in [0.2, 0.25) is 0 Å². The van der Waals surface area contributed by atoms with Crippen molar-refractivity contribution >= 4 is 11.9 Å². The average Bonchev–Trinajstić information content (AvgIpc) is 3.28. The molecule has 0 aromatic heterocycles. The van der Waals surface area contributed by atoms with E-state index in [0.717, 1.165) is 0 Å². The van der Waals surface area contributed by atoms with Crippen molar-refractivity contribution in [2.24, 2.45) is 0 Å². The molecule has 0 bridgehead atoms. The van der Waals surface area contributed by atoms with E-state index in [-0.39, 0.29) is 0 Å². The Kier molecular flexibility index (Phi) is 4.45. The number of rotatable bonds is 5. The van der Waals surface area contributed by atoms with Crippen molar-refractivity contribution in [1.29, 1.82) is 0 Å². The molecule has 4 rings (SSSR count). The topological polar surface area (TPSA) is 74.4 Å². The summed E-state index contributed by atoms with van der Waals surface area (Å²) in [5.74, 6) is -0.917. The molecule has 2 heterocycles. The molecule has 2 aliphatic heterocycles. The smallest absolute Gasteiger partial charge is 0.338 e. The maximum atomic E-state index is 12.5. The molecule has 0 unspecified atom stereocenters. The first-order valence-corrected chi connectivity index (χ1v) is 8.84. The first-order valence-electron chi connectivity index (χ1n) is 8.84. The highest BCUT2D eigenvalue weighted by Crippen LogP contribution is 2.51. The van der Waals surface area contributed by atoms with Gasteiger partial charge in [-0.25, -0.2) is 9.59 Å². The molecular weight excluding hydrogens is 348 g/mol. The Hall–Kier alpha value is -2.70. The van der Waals surface area contributed by atoms with Crippen LogP contribution >= 0.6 is 0 Å². The average molecular weight is 368 g/mol. The highest BCUT2D eigenvalue weighted by atomic mass is 16.8. The van der Waals surface area contributed by atoms with Crippen LogP contribution in [0.5, 0.6) is 0 Å². The van der Waals surface area contributed by atoms with Gasteiger partial charge < -0.3 is 18.9 Å². The van der Waals surface area contributed by atoms with Crippen LogP contribution < -0.4 is 0 Å². The zero-order valence-corrected chi connectivity index (χ0v) is 15.0. The van der Waals surface area contributed by atoms with Crippen LogP contribution in [-0.4, -0.2) is 42.1 Å². The molecule has 2 fully saturated rings. The summed E-state index contributed by atoms with van der Waals surface area (Å²) in [5, 5.41) is 0. The minimum absolute atomic E-state index is 0.442. The van der Waals surface area contributed by atoms with Crippen LogP contribution in [0, 0.1) is 0 Å². The van der Waals surface area contributed by atoms with Gasteiger partial charge in [0.25, 0.3) is 0 Å². The highest BCUT2D eigenvalue weighted by molar-refractivity contribution is 5.90. The van der Waals surface area contributed by atoms with Crippen molar-refractivity contribution in [3.63, 3.8) is 0 Å². The van der Waals surface area contributed by atoms with Gasteiger partial charge >= 0.3 is 11.9 Å². The lowest BCUT2D eigenvalue weighted by Gasteiger charge is -2.28. The molecule has 2 aromatic rings. The molecule has 2 saturated heterocycles. The summed E-state index contributed by atoms with van der Waals surface area (Å²) >= 11 is 0. The van der Waals surface area contributed by atoms with Crippen LogP contribution in [0.2, 0.25) is 0 Å². The molecule has 0 spiro atoms. The molecule has 0 aliphatic carbocycles. The first kappa shape index (κ1) is 17.7. The van der Waals surface area contributed by atoms with Crippen molar-refractivity contribution in [3.8, 4) is 0 Å². The fourth-order valence-corrected chi connectivity index (χ4v) is 3.28. The van der Waals surface area contributed by atoms with Crippen LogP contribution in [-0.2, 0) is 18.9 Å². The molecule has 6 heteroatoms. The molecule has 140 valence electrons. The van der Waals surface area contributed by atoms with Crippen molar-refractivity contribution in [3.05, 3.63) is 71.8 Å². The lowest BCUT2D eigenvalue weighted by atomic mass is 9.99. The molecule has 0 N–H and O–H groups in total. The van der Waals surface area contributed by atoms with Gasteiger partial charge in [0, 0.05) is 0 Å². The number of carbonyl (C=O) groups excluding carboxylic acids is 2. The maximum absolute atomic E-state index is 12.5. The van der Waals surface area contributed by atoms with Gasteiger partial charge in [-0.05, 0) is 38.1 Å². The number of hydrogen-bond donors (Lipinski definition) is 0. The van der Waals surface area contributed by atoms with Gasteiger partial charge in [0.05, 0.1) is 11.1 Å². The minimum Gasteiger partial charge on any atom is -0.456 e. The van der Waals surface area contributed by atoms with Gasteiger partial charge in [-0.2, -0.15) is 0 Å². The van der Waals surface area contributed by atoms with Gasteiger partial charge in [-0.15, -0.1) is 0 Å². The van der Waals surface area contributed by atoms with E-state index >= 15 is 0 Å². The number of esters is 2. The molecule has 2 aliphatic rings. The lowest BCUT2D eigenvalue weighted by Crippen LogP contribution is -2.45. The molecule has 0 radical (unpaired) electrons. The zero-order chi connectivity index (χ0) is 19.0. The van der Waals surface area contributed by atoms with Gasteiger partial charge in [-0.3, -0.25) is 0 Å². The number of carbonyl (C=O) groups is 2. The van der Waals surface area contributed by atoms with E-state index in [9.17, 15) is 9.59 Å². The van der Waals surface area contributed by atoms with Crippen molar-refractivity contribution in [1.82, 2.24) is 0 Å². The van der Waals surface area contributed by atoms with Crippen LogP contribution in [0.25, 0.3) is 0 Å². The minimum atomic E-state index is -0.720. The lowest BCUT2D eigenvalue weighted by molar-refractivity contribution is -0.127. The second-order valence-electron chi connectivity index (χ2n) is 6.90. The van der Waals surface area contributed by atoms with Gasteiger partial charge in [0.1, 0.15) is 12.2 Å². The first-order chi connectivity index (χ1) is 13.0. The van der Waals surface area contributed by atoms with Crippen LogP contribution in [0.4, 0.5) is 0 Å². The Balaban J connectivity index is 1.47. The molecular formula is C21H20O6. The standard InChI is InChI=1S/C21H20O6/c1-13(24-18(22)14-9-5-3-6-10-14)16-17(21(2)20(25-16)27-21)26-19(23)15-11-7-4-8-12-15/h3-13,16-17,20H,1-2H3/t13-,16-,17-,20-,21-/m1/s1. The number of benzene rings is 2. The Morgan fingerprint density at radius 3 is 2.11 bits per heavy atom. The summed E-state index contributed by atoms with van der Waals surface area (Å²) in [6.45, 7) is 3.55. The molecule has 6 nitrogen and oxygen atoms in total. The summed E-state index contributed by atoms with van der Waals surface area (Å²) in [5.41, 5.74) is 0.174. The van der Waals surface area contributed by atoms with E-state index < -0.39 is 42.1 Å². The molecule has 0 saturated carbocycles. The monoisotopic (exact) mass is 368 g/mol. The van der Waals surface area contributed by atoms with E-state index in [0.29, 0.717) is 11.1 Å². The van der Waals surface area contributed by atoms with E-state index in [1.54, 1.807) is 55.5 Å². The van der Waals surface area contributed by atoms with E-state index in [1.165, 1.54) is 0 Å². The zero-order valence-electron chi connectivity index (χ0n) is 15.0. The van der Waals surface area contributed by atoms with Crippen molar-refractivity contribution in [2.45, 2.75) is 44.1 Å². The van der Waals surface area contributed by atoms with Crippen LogP contribution in [0.1, 0.15) is 34.6 Å². The maximum Gasteiger partial charge on any atom is 0.338 e. The summed E-state index contributed by atoms with van der Waals surface area (Å²) in [4.78, 5) is 24.8. The number of epoxide rings is 1. The summed E-state index contributed by atoms with van der Waals surface area (Å²) in [7, 11) is 0. The quantitative estimate of drug-likeness (QED) is 0.597. The molecule has 27 heavy (non-hydrogen) atoms. The second kappa shape index (κ2) is 6.79. The normalized spacial score (nSPS) is 29.5. The SMILES string of the molecule is C[C@@H](OC(=O)c1ccccc1)[C@H]1O[C@@H]2O[C@]2(C)[C@@H]1OC(=O)c1ccccc1. The van der Waals surface area contributed by atoms with E-state index in [4.69, 9.17) is 18.9 Å². The fraction of sp³-hybridized carbons (Fsp3) is 0.333. The van der Waals surface area contributed by atoms with Crippen molar-refractivity contribution in [2.75, 3.05) is 0 Å². The Morgan fingerprint density at radius 2 is 1.52 bits per heavy atom. The predicted molar refractivity (Wildman–Crippen MR) is 95.1 cm³/mol. The third-order valence-corrected chi connectivity index (χ3v) is 4.92. The Morgan fingerprint density at radius 1 is 0.963 bits per heavy atom. The number of hydrogen-bond acceptors (Lipinski definition) is 6. The van der Waals surface area contributed by atoms with Crippen molar-refractivity contribution < 1.29 is 28.5 Å². The van der Waals surface area contributed by atoms with Crippen LogP contribution in [0.15, 0.2) is 60.7 Å². The second-order valence-corrected chi connectivity index (χ2v) is 6.90. The molecule has 5 atom stereocenters. The predicted octanol–water partition coefficient (Wildman–Crippen LogP) is 2.97. The highest BCUT2D eigenvalue weighted by Gasteiger charge is 2.71. The summed E-state index contributed by atoms with van der Waals surface area (Å²) in [6.07, 6.45) is -2.35. The van der Waals surface area contributed by atoms with Gasteiger partial charge in [-0.1, -0.05) is 36.4 Å². The third kappa shape index (κ3) is 3.34. The third-order valence-electron chi connectivity index (χ3n) is 4.92. The Bertz CT molecular complexity index is 836. The van der Waals surface area contributed by atoms with Crippen LogP contribution in [0.3, 0.4) is 0 Å². The largest absolute Gasteiger partial charge is 0.456 e. The van der Waals surface area contributed by atoms with Gasteiger partial charge in [0.15, 0.2) is 18.0 Å². The van der Waals surface area contributed by atoms with E-state index in [2.05, 4.69) is 0 Å². The Labute approximate surface area is 157 Å². The fourth-order valence-electron chi connectivity index (χ4n) is 3.28. The summed E-state index contributed by atoms with van der Waals surface area (Å²) in [6, 6.07) is 17.4. The summed E-state index contributed by atoms with van der Waals surface area (Å²) < 4.78 is 22.6. The van der Waals surface area contributed by atoms with E-state index in [1.807, 2.05) is 19.1 Å².